The lowest BCUT2D eigenvalue weighted by atomic mass is 9.79. The van der Waals surface area contributed by atoms with Gasteiger partial charge in [0.15, 0.2) is 0 Å². The van der Waals surface area contributed by atoms with Crippen LogP contribution in [0.3, 0.4) is 0 Å². The molecule has 1 heterocycles. The summed E-state index contributed by atoms with van der Waals surface area (Å²) in [5.41, 5.74) is -0.774. The molecular formula is C9H17NO3. The second-order valence-corrected chi connectivity index (χ2v) is 3.85. The van der Waals surface area contributed by atoms with Crippen LogP contribution >= 0.6 is 0 Å². The van der Waals surface area contributed by atoms with Gasteiger partial charge in [0, 0.05) is 0 Å². The minimum atomic E-state index is -0.834. The smallest absolute Gasteiger partial charge is 0.303 e. The Balaban J connectivity index is 2.51. The third-order valence-electron chi connectivity index (χ3n) is 2.87. The Morgan fingerprint density at radius 3 is 2.54 bits per heavy atom. The van der Waals surface area contributed by atoms with E-state index in [1.807, 2.05) is 0 Å². The van der Waals surface area contributed by atoms with Crippen LogP contribution in [-0.2, 0) is 4.79 Å². The third kappa shape index (κ3) is 2.67. The molecule has 0 amide bonds. The zero-order chi connectivity index (χ0) is 9.90. The van der Waals surface area contributed by atoms with Crippen molar-refractivity contribution in [3.8, 4) is 0 Å². The number of carboxylic acids is 1. The van der Waals surface area contributed by atoms with Crippen molar-refractivity contribution < 1.29 is 15.0 Å². The van der Waals surface area contributed by atoms with Crippen molar-refractivity contribution in [2.75, 3.05) is 13.1 Å². The van der Waals surface area contributed by atoms with Crippen LogP contribution in [0.4, 0.5) is 0 Å². The Bertz CT molecular complexity index is 187. The highest BCUT2D eigenvalue weighted by Gasteiger charge is 2.35. The number of nitrogens with one attached hydrogen (secondary N) is 1. The van der Waals surface area contributed by atoms with Crippen LogP contribution in [0.25, 0.3) is 0 Å². The zero-order valence-electron chi connectivity index (χ0n) is 7.92. The fraction of sp³-hybridized carbons (Fsp3) is 0.889. The molecule has 13 heavy (non-hydrogen) atoms. The number of hydrogen-bond acceptors (Lipinski definition) is 3. The van der Waals surface area contributed by atoms with Crippen molar-refractivity contribution in [2.24, 2.45) is 5.92 Å². The van der Waals surface area contributed by atoms with Crippen LogP contribution in [0.5, 0.6) is 0 Å². The maximum absolute atomic E-state index is 10.5. The van der Waals surface area contributed by atoms with E-state index in [0.717, 1.165) is 13.1 Å². The van der Waals surface area contributed by atoms with Gasteiger partial charge in [0.1, 0.15) is 0 Å². The SMILES string of the molecule is CC(CC(=O)O)C1(O)CCNCC1. The summed E-state index contributed by atoms with van der Waals surface area (Å²) in [6.07, 6.45) is 1.36. The first-order valence-electron chi connectivity index (χ1n) is 4.69. The number of carboxylic acid groups (broad SMARTS) is 1. The molecule has 0 aromatic heterocycles. The van der Waals surface area contributed by atoms with Crippen molar-refractivity contribution in [3.05, 3.63) is 0 Å². The summed E-state index contributed by atoms with van der Waals surface area (Å²) in [5, 5.41) is 21.8. The predicted molar refractivity (Wildman–Crippen MR) is 48.5 cm³/mol. The molecule has 0 saturated carbocycles. The van der Waals surface area contributed by atoms with Crippen LogP contribution in [0.2, 0.25) is 0 Å². The zero-order valence-corrected chi connectivity index (χ0v) is 7.92. The van der Waals surface area contributed by atoms with Crippen molar-refractivity contribution in [1.82, 2.24) is 5.32 Å². The lowest BCUT2D eigenvalue weighted by Crippen LogP contribution is -2.46. The molecule has 4 heteroatoms. The minimum Gasteiger partial charge on any atom is -0.481 e. The molecule has 0 bridgehead atoms. The topological polar surface area (TPSA) is 69.6 Å². The van der Waals surface area contributed by atoms with Crippen molar-refractivity contribution in [1.29, 1.82) is 0 Å². The lowest BCUT2D eigenvalue weighted by Gasteiger charge is -2.37. The van der Waals surface area contributed by atoms with E-state index < -0.39 is 11.6 Å². The van der Waals surface area contributed by atoms with E-state index in [-0.39, 0.29) is 12.3 Å². The monoisotopic (exact) mass is 187 g/mol. The predicted octanol–water partition coefficient (Wildman–Crippen LogP) is 0.212. The number of piperidine rings is 1. The van der Waals surface area contributed by atoms with Crippen LogP contribution in [0, 0.1) is 5.92 Å². The van der Waals surface area contributed by atoms with E-state index in [2.05, 4.69) is 5.32 Å². The Labute approximate surface area is 78.0 Å². The molecule has 1 aliphatic heterocycles. The summed E-state index contributed by atoms with van der Waals surface area (Å²) in [6, 6.07) is 0. The molecular weight excluding hydrogens is 170 g/mol. The summed E-state index contributed by atoms with van der Waals surface area (Å²) in [6.45, 7) is 3.36. The minimum absolute atomic E-state index is 0.0521. The van der Waals surface area contributed by atoms with Crippen molar-refractivity contribution >= 4 is 5.97 Å². The summed E-state index contributed by atoms with van der Waals surface area (Å²) in [4.78, 5) is 10.5. The second kappa shape index (κ2) is 4.07. The van der Waals surface area contributed by atoms with Gasteiger partial charge in [-0.2, -0.15) is 0 Å². The molecule has 1 atom stereocenters. The Kier molecular flexibility index (Phi) is 3.27. The fourth-order valence-corrected chi connectivity index (χ4v) is 1.80. The third-order valence-corrected chi connectivity index (χ3v) is 2.87. The molecule has 0 aromatic rings. The summed E-state index contributed by atoms with van der Waals surface area (Å²) in [7, 11) is 0. The van der Waals surface area contributed by atoms with Gasteiger partial charge in [0.2, 0.25) is 0 Å². The van der Waals surface area contributed by atoms with Crippen molar-refractivity contribution in [3.63, 3.8) is 0 Å². The summed E-state index contributed by atoms with van der Waals surface area (Å²) in [5.74, 6) is -0.994. The Morgan fingerprint density at radius 1 is 1.54 bits per heavy atom. The van der Waals surface area contributed by atoms with Crippen LogP contribution < -0.4 is 5.32 Å². The van der Waals surface area contributed by atoms with Crippen molar-refractivity contribution in [2.45, 2.75) is 31.8 Å². The van der Waals surface area contributed by atoms with Crippen LogP contribution in [0.15, 0.2) is 0 Å². The second-order valence-electron chi connectivity index (χ2n) is 3.85. The molecule has 1 unspecified atom stereocenters. The van der Waals surface area contributed by atoms with Gasteiger partial charge in [-0.1, -0.05) is 6.92 Å². The molecule has 1 fully saturated rings. The van der Waals surface area contributed by atoms with E-state index in [0.29, 0.717) is 12.8 Å². The van der Waals surface area contributed by atoms with E-state index in [1.54, 1.807) is 6.92 Å². The highest BCUT2D eigenvalue weighted by molar-refractivity contribution is 5.67. The number of aliphatic hydroxyl groups is 1. The van der Waals surface area contributed by atoms with E-state index >= 15 is 0 Å². The standard InChI is InChI=1S/C9H17NO3/c1-7(6-8(11)12)9(13)2-4-10-5-3-9/h7,10,13H,2-6H2,1H3,(H,11,12). The van der Waals surface area contributed by atoms with Gasteiger partial charge < -0.3 is 15.5 Å². The van der Waals surface area contributed by atoms with Gasteiger partial charge in [-0.15, -0.1) is 0 Å². The molecule has 0 aliphatic carbocycles. The fourth-order valence-electron chi connectivity index (χ4n) is 1.80. The number of hydrogen-bond donors (Lipinski definition) is 3. The Morgan fingerprint density at radius 2 is 2.08 bits per heavy atom. The molecule has 4 nitrogen and oxygen atoms in total. The van der Waals surface area contributed by atoms with Gasteiger partial charge in [-0.05, 0) is 31.8 Å². The van der Waals surface area contributed by atoms with E-state index in [4.69, 9.17) is 5.11 Å². The average molecular weight is 187 g/mol. The first kappa shape index (κ1) is 10.5. The number of aliphatic carboxylic acids is 1. The highest BCUT2D eigenvalue weighted by atomic mass is 16.4. The molecule has 0 radical (unpaired) electrons. The van der Waals surface area contributed by atoms with Gasteiger partial charge >= 0.3 is 5.97 Å². The first-order chi connectivity index (χ1) is 6.04. The highest BCUT2D eigenvalue weighted by Crippen LogP contribution is 2.29. The quantitative estimate of drug-likeness (QED) is 0.591. The number of carbonyl (C=O) groups is 1. The molecule has 1 aliphatic rings. The largest absolute Gasteiger partial charge is 0.481 e. The average Bonchev–Trinajstić information content (AvgIpc) is 2.04. The summed E-state index contributed by atoms with van der Waals surface area (Å²) < 4.78 is 0. The van der Waals surface area contributed by atoms with Gasteiger partial charge in [-0.3, -0.25) is 4.79 Å². The van der Waals surface area contributed by atoms with Gasteiger partial charge in [0.25, 0.3) is 0 Å². The van der Waals surface area contributed by atoms with Gasteiger partial charge in [-0.25, -0.2) is 0 Å². The molecule has 3 N–H and O–H groups in total. The Hall–Kier alpha value is -0.610. The molecule has 0 aromatic carbocycles. The van der Waals surface area contributed by atoms with E-state index in [9.17, 15) is 9.90 Å². The molecule has 76 valence electrons. The van der Waals surface area contributed by atoms with E-state index in [1.165, 1.54) is 0 Å². The van der Waals surface area contributed by atoms with Crippen LogP contribution in [-0.4, -0.2) is 34.9 Å². The summed E-state index contributed by atoms with van der Waals surface area (Å²) >= 11 is 0. The lowest BCUT2D eigenvalue weighted by molar-refractivity contribution is -0.141. The molecule has 1 saturated heterocycles. The normalized spacial score (nSPS) is 23.8. The van der Waals surface area contributed by atoms with Crippen LogP contribution in [0.1, 0.15) is 26.2 Å². The first-order valence-corrected chi connectivity index (χ1v) is 4.69. The number of rotatable bonds is 3. The molecule has 0 spiro atoms. The maximum atomic E-state index is 10.5. The van der Waals surface area contributed by atoms with Gasteiger partial charge in [0.05, 0.1) is 12.0 Å². The maximum Gasteiger partial charge on any atom is 0.303 e. The molecule has 1 rings (SSSR count).